The van der Waals surface area contributed by atoms with Crippen LogP contribution in [0, 0.1) is 5.92 Å². The van der Waals surface area contributed by atoms with E-state index < -0.39 is 0 Å². The molecule has 0 bridgehead atoms. The molecule has 2 aliphatic heterocycles. The minimum atomic E-state index is -0.190. The zero-order valence-corrected chi connectivity index (χ0v) is 15.8. The first kappa shape index (κ1) is 18.4. The van der Waals surface area contributed by atoms with Crippen LogP contribution in [-0.4, -0.2) is 60.8 Å². The largest absolute Gasteiger partial charge is 0.394 e. The van der Waals surface area contributed by atoms with Crippen LogP contribution in [0.5, 0.6) is 0 Å². The molecule has 2 heterocycles. The third kappa shape index (κ3) is 3.05. The van der Waals surface area contributed by atoms with E-state index in [0.29, 0.717) is 6.54 Å². The van der Waals surface area contributed by atoms with Gasteiger partial charge in [-0.25, -0.2) is 0 Å². The molecule has 6 heteroatoms. The fourth-order valence-corrected chi connectivity index (χ4v) is 5.19. The first-order valence-corrected chi connectivity index (χ1v) is 9.98. The van der Waals surface area contributed by atoms with Crippen LogP contribution in [0.4, 0.5) is 5.69 Å². The number of carbonyl (C=O) groups is 2. The third-order valence-electron chi connectivity index (χ3n) is 6.46. The summed E-state index contributed by atoms with van der Waals surface area (Å²) in [6.07, 6.45) is 5.28. The Kier molecular flexibility index (Phi) is 5.19. The molecule has 0 unspecified atom stereocenters. The molecule has 1 aromatic carbocycles. The summed E-state index contributed by atoms with van der Waals surface area (Å²) in [5.74, 6) is 0.216. The monoisotopic (exact) mass is 372 g/mol. The highest BCUT2D eigenvalue weighted by Crippen LogP contribution is 2.49. The third-order valence-corrected chi connectivity index (χ3v) is 6.46. The lowest BCUT2D eigenvalue weighted by Crippen LogP contribution is -2.71. The van der Waals surface area contributed by atoms with E-state index in [2.05, 4.69) is 0 Å². The summed E-state index contributed by atoms with van der Waals surface area (Å²) < 4.78 is 5.05. The number of likely N-dealkylation sites (tertiary alicyclic amines) is 1. The van der Waals surface area contributed by atoms with Crippen LogP contribution in [0.1, 0.15) is 43.6 Å². The molecule has 1 saturated heterocycles. The van der Waals surface area contributed by atoms with Gasteiger partial charge in [-0.05, 0) is 24.5 Å². The van der Waals surface area contributed by atoms with Gasteiger partial charge in [0, 0.05) is 31.2 Å². The van der Waals surface area contributed by atoms with Gasteiger partial charge in [-0.3, -0.25) is 9.59 Å². The number of hydrogen-bond acceptors (Lipinski definition) is 4. The maximum atomic E-state index is 13.2. The van der Waals surface area contributed by atoms with Crippen LogP contribution in [0.2, 0.25) is 0 Å². The molecule has 6 nitrogen and oxygen atoms in total. The number of aliphatic hydroxyl groups excluding tert-OH is 1. The number of carbonyl (C=O) groups excluding carboxylic acids is 2. The second-order valence-electron chi connectivity index (χ2n) is 7.92. The highest BCUT2D eigenvalue weighted by atomic mass is 16.5. The maximum absolute atomic E-state index is 13.2. The molecule has 1 aliphatic carbocycles. The summed E-state index contributed by atoms with van der Waals surface area (Å²) in [6, 6.07) is 7.59. The van der Waals surface area contributed by atoms with Crippen LogP contribution in [0.15, 0.2) is 24.3 Å². The number of anilines is 1. The summed E-state index contributed by atoms with van der Waals surface area (Å²) in [5, 5.41) is 10.0. The number of methoxy groups -OCH3 is 1. The Balaban J connectivity index is 1.64. The van der Waals surface area contributed by atoms with Crippen LogP contribution in [-0.2, 0) is 14.3 Å². The summed E-state index contributed by atoms with van der Waals surface area (Å²) >= 11 is 0. The van der Waals surface area contributed by atoms with E-state index in [9.17, 15) is 14.7 Å². The summed E-state index contributed by atoms with van der Waals surface area (Å²) in [7, 11) is 1.51. The number of amides is 2. The molecule has 4 rings (SSSR count). The molecule has 1 aromatic rings. The lowest BCUT2D eigenvalue weighted by molar-refractivity contribution is -0.156. The van der Waals surface area contributed by atoms with Gasteiger partial charge in [-0.15, -0.1) is 0 Å². The van der Waals surface area contributed by atoms with Gasteiger partial charge in [0.2, 0.25) is 5.91 Å². The van der Waals surface area contributed by atoms with E-state index >= 15 is 0 Å². The minimum Gasteiger partial charge on any atom is -0.394 e. The van der Waals surface area contributed by atoms with Crippen molar-refractivity contribution in [1.82, 2.24) is 4.90 Å². The lowest BCUT2D eigenvalue weighted by atomic mass is 9.71. The average Bonchev–Trinajstić information content (AvgIpc) is 2.69. The van der Waals surface area contributed by atoms with Gasteiger partial charge < -0.3 is 19.6 Å². The van der Waals surface area contributed by atoms with Crippen molar-refractivity contribution >= 4 is 17.5 Å². The van der Waals surface area contributed by atoms with Gasteiger partial charge in [0.1, 0.15) is 6.61 Å². The average molecular weight is 372 g/mol. The number of nitrogens with zero attached hydrogens (tertiary/aromatic N) is 2. The van der Waals surface area contributed by atoms with Crippen LogP contribution in [0.25, 0.3) is 0 Å². The van der Waals surface area contributed by atoms with E-state index in [4.69, 9.17) is 4.74 Å². The van der Waals surface area contributed by atoms with Crippen molar-refractivity contribution in [2.24, 2.45) is 5.92 Å². The van der Waals surface area contributed by atoms with Gasteiger partial charge in [0.25, 0.3) is 5.91 Å². The molecule has 3 aliphatic rings. The SMILES string of the molecule is COCC(=O)N1C[C@@H]2[C@H](c3ccccc31)[C@H](CO)N2C(=O)C1CCCCC1. The summed E-state index contributed by atoms with van der Waals surface area (Å²) in [5.41, 5.74) is 1.92. The quantitative estimate of drug-likeness (QED) is 0.877. The molecule has 1 saturated carbocycles. The van der Waals surface area contributed by atoms with E-state index in [1.165, 1.54) is 13.5 Å². The fraction of sp³-hybridized carbons (Fsp3) is 0.619. The van der Waals surface area contributed by atoms with Gasteiger partial charge in [-0.2, -0.15) is 0 Å². The van der Waals surface area contributed by atoms with Crippen molar-refractivity contribution in [3.05, 3.63) is 29.8 Å². The van der Waals surface area contributed by atoms with E-state index in [1.54, 1.807) is 4.90 Å². The second kappa shape index (κ2) is 7.60. The molecule has 0 spiro atoms. The Bertz CT molecular complexity index is 716. The number of aliphatic hydroxyl groups is 1. The topological polar surface area (TPSA) is 70.1 Å². The highest BCUT2D eigenvalue weighted by molar-refractivity contribution is 5.96. The fourth-order valence-electron chi connectivity index (χ4n) is 5.19. The number of para-hydroxylation sites is 1. The Morgan fingerprint density at radius 3 is 2.63 bits per heavy atom. The van der Waals surface area contributed by atoms with Crippen LogP contribution < -0.4 is 4.90 Å². The van der Waals surface area contributed by atoms with Gasteiger partial charge in [-0.1, -0.05) is 37.5 Å². The zero-order valence-electron chi connectivity index (χ0n) is 15.8. The normalized spacial score (nSPS) is 27.6. The molecule has 2 fully saturated rings. The standard InChI is InChI=1S/C21H28N2O4/c1-27-13-19(25)22-11-17-20(15-9-5-6-10-16(15)22)18(12-24)23(17)21(26)14-7-3-2-4-8-14/h5-6,9-10,14,17-18,20,24H,2-4,7-8,11-13H2,1H3/t17-,18+,20+/m1/s1. The molecule has 1 N–H and O–H groups in total. The van der Waals surface area contributed by atoms with Crippen molar-refractivity contribution in [3.63, 3.8) is 0 Å². The second-order valence-corrected chi connectivity index (χ2v) is 7.92. The van der Waals surface area contributed by atoms with Crippen molar-refractivity contribution < 1.29 is 19.4 Å². The van der Waals surface area contributed by atoms with Gasteiger partial charge in [0.05, 0.1) is 18.7 Å². The Hall–Kier alpha value is -1.92. The number of benzene rings is 1. The van der Waals surface area contributed by atoms with E-state index in [1.807, 2.05) is 29.2 Å². The van der Waals surface area contributed by atoms with Crippen molar-refractivity contribution in [2.75, 3.05) is 31.8 Å². The van der Waals surface area contributed by atoms with Gasteiger partial charge >= 0.3 is 0 Å². The summed E-state index contributed by atoms with van der Waals surface area (Å²) in [4.78, 5) is 29.4. The lowest BCUT2D eigenvalue weighted by Gasteiger charge is -2.59. The van der Waals surface area contributed by atoms with Crippen molar-refractivity contribution in [1.29, 1.82) is 0 Å². The maximum Gasteiger partial charge on any atom is 0.253 e. The number of fused-ring (bicyclic) bond motifs is 3. The Morgan fingerprint density at radius 1 is 1.19 bits per heavy atom. The predicted octanol–water partition coefficient (Wildman–Crippen LogP) is 1.92. The molecule has 0 aromatic heterocycles. The zero-order chi connectivity index (χ0) is 19.0. The number of ether oxygens (including phenoxy) is 1. The summed E-state index contributed by atoms with van der Waals surface area (Å²) in [6.45, 7) is 0.449. The minimum absolute atomic E-state index is 0.0196. The smallest absolute Gasteiger partial charge is 0.253 e. The predicted molar refractivity (Wildman–Crippen MR) is 101 cm³/mol. The number of hydrogen-bond donors (Lipinski definition) is 1. The molecule has 27 heavy (non-hydrogen) atoms. The van der Waals surface area contributed by atoms with Gasteiger partial charge in [0.15, 0.2) is 0 Å². The van der Waals surface area contributed by atoms with Crippen molar-refractivity contribution in [3.8, 4) is 0 Å². The Morgan fingerprint density at radius 2 is 1.93 bits per heavy atom. The van der Waals surface area contributed by atoms with E-state index in [0.717, 1.165) is 36.9 Å². The molecular formula is C21H28N2O4. The number of rotatable bonds is 4. The highest BCUT2D eigenvalue weighted by Gasteiger charge is 2.55. The molecule has 146 valence electrons. The molecule has 2 amide bonds. The first-order chi connectivity index (χ1) is 13.2. The molecular weight excluding hydrogens is 344 g/mol. The molecule has 3 atom stereocenters. The van der Waals surface area contributed by atoms with Crippen LogP contribution >= 0.6 is 0 Å². The van der Waals surface area contributed by atoms with Crippen LogP contribution in [0.3, 0.4) is 0 Å². The first-order valence-electron chi connectivity index (χ1n) is 9.98. The van der Waals surface area contributed by atoms with Crippen molar-refractivity contribution in [2.45, 2.75) is 50.1 Å². The Labute approximate surface area is 160 Å². The molecule has 0 radical (unpaired) electrons. The van der Waals surface area contributed by atoms with E-state index in [-0.39, 0.29) is 48.9 Å².